The van der Waals surface area contributed by atoms with E-state index in [0.717, 1.165) is 5.56 Å². The Balaban J connectivity index is 1.90. The normalized spacial score (nSPS) is 16.7. The molecule has 0 saturated carbocycles. The Morgan fingerprint density at radius 1 is 1.53 bits per heavy atom. The molecule has 4 nitrogen and oxygen atoms in total. The number of hydrogen-bond acceptors (Lipinski definition) is 4. The van der Waals surface area contributed by atoms with Crippen molar-refractivity contribution in [3.8, 4) is 0 Å². The van der Waals surface area contributed by atoms with E-state index in [9.17, 15) is 4.79 Å². The number of ether oxygens (including phenoxy) is 2. The first kappa shape index (κ1) is 14.3. The molecule has 1 heterocycles. The highest BCUT2D eigenvalue weighted by molar-refractivity contribution is 6.30. The summed E-state index contributed by atoms with van der Waals surface area (Å²) in [5.41, 5.74) is 0.789. The Bertz CT molecular complexity index is 446. The fourth-order valence-corrected chi connectivity index (χ4v) is 2.25. The molecule has 0 aliphatic carbocycles. The highest BCUT2D eigenvalue weighted by Gasteiger charge is 2.40. The van der Waals surface area contributed by atoms with E-state index < -0.39 is 0 Å². The van der Waals surface area contributed by atoms with Crippen LogP contribution < -0.4 is 5.32 Å². The molecule has 1 saturated heterocycles. The first-order chi connectivity index (χ1) is 9.13. The number of carbonyl (C=O) groups excluding carboxylic acids is 1. The van der Waals surface area contributed by atoms with Crippen molar-refractivity contribution in [2.75, 3.05) is 19.8 Å². The van der Waals surface area contributed by atoms with Gasteiger partial charge in [0.2, 0.25) is 0 Å². The molecular weight excluding hydrogens is 266 g/mol. The Morgan fingerprint density at radius 3 is 2.89 bits per heavy atom. The van der Waals surface area contributed by atoms with E-state index in [4.69, 9.17) is 21.1 Å². The molecule has 1 N–H and O–H groups in total. The lowest BCUT2D eigenvalue weighted by Gasteiger charge is -2.41. The van der Waals surface area contributed by atoms with Crippen LogP contribution in [-0.4, -0.2) is 31.3 Å². The zero-order valence-electron chi connectivity index (χ0n) is 10.9. The lowest BCUT2D eigenvalue weighted by Crippen LogP contribution is -2.61. The Hall–Kier alpha value is -1.10. The van der Waals surface area contributed by atoms with Crippen LogP contribution in [0.15, 0.2) is 24.3 Å². The van der Waals surface area contributed by atoms with Gasteiger partial charge in [-0.25, -0.2) is 0 Å². The van der Waals surface area contributed by atoms with E-state index in [1.54, 1.807) is 6.92 Å². The summed E-state index contributed by atoms with van der Waals surface area (Å²) >= 11 is 5.94. The number of rotatable bonds is 6. The molecular formula is C14H18ClNO3. The number of benzene rings is 1. The summed E-state index contributed by atoms with van der Waals surface area (Å²) in [5.74, 6) is -0.190. The quantitative estimate of drug-likeness (QED) is 0.813. The van der Waals surface area contributed by atoms with E-state index in [0.29, 0.717) is 37.8 Å². The average Bonchev–Trinajstić information content (AvgIpc) is 2.33. The second-order valence-corrected chi connectivity index (χ2v) is 5.17. The summed E-state index contributed by atoms with van der Waals surface area (Å²) in [6.45, 7) is 3.94. The summed E-state index contributed by atoms with van der Waals surface area (Å²) in [4.78, 5) is 11.6. The first-order valence-corrected chi connectivity index (χ1v) is 6.74. The number of esters is 1. The van der Waals surface area contributed by atoms with Gasteiger partial charge in [0, 0.05) is 11.6 Å². The van der Waals surface area contributed by atoms with Gasteiger partial charge in [0.1, 0.15) is 0 Å². The summed E-state index contributed by atoms with van der Waals surface area (Å²) in [5, 5.41) is 4.09. The van der Waals surface area contributed by atoms with Crippen molar-refractivity contribution in [1.29, 1.82) is 0 Å². The molecule has 2 rings (SSSR count). The molecule has 0 bridgehead atoms. The molecule has 0 amide bonds. The van der Waals surface area contributed by atoms with E-state index in [2.05, 4.69) is 5.32 Å². The molecule has 1 aliphatic heterocycles. The zero-order chi connectivity index (χ0) is 13.7. The Labute approximate surface area is 118 Å². The smallest absolute Gasteiger partial charge is 0.307 e. The molecule has 104 valence electrons. The fraction of sp³-hybridized carbons (Fsp3) is 0.500. The van der Waals surface area contributed by atoms with Gasteiger partial charge < -0.3 is 14.8 Å². The van der Waals surface area contributed by atoms with Crippen LogP contribution in [0.1, 0.15) is 18.9 Å². The van der Waals surface area contributed by atoms with Gasteiger partial charge in [-0.2, -0.15) is 0 Å². The summed E-state index contributed by atoms with van der Waals surface area (Å²) in [7, 11) is 0. The van der Waals surface area contributed by atoms with Crippen LogP contribution >= 0.6 is 11.6 Å². The number of halogens is 1. The molecule has 1 fully saturated rings. The van der Waals surface area contributed by atoms with Crippen molar-refractivity contribution in [1.82, 2.24) is 5.32 Å². The van der Waals surface area contributed by atoms with Crippen molar-refractivity contribution in [2.24, 2.45) is 0 Å². The van der Waals surface area contributed by atoms with E-state index in [1.165, 1.54) is 0 Å². The number of hydrogen-bond donors (Lipinski definition) is 1. The second-order valence-electron chi connectivity index (χ2n) is 4.74. The minimum Gasteiger partial charge on any atom is -0.466 e. The number of nitrogens with one attached hydrogen (secondary N) is 1. The maximum atomic E-state index is 11.6. The molecule has 0 unspecified atom stereocenters. The van der Waals surface area contributed by atoms with Gasteiger partial charge in [0.15, 0.2) is 0 Å². The van der Waals surface area contributed by atoms with Crippen molar-refractivity contribution in [2.45, 2.75) is 25.4 Å². The average molecular weight is 284 g/mol. The van der Waals surface area contributed by atoms with Crippen LogP contribution in [0.2, 0.25) is 5.02 Å². The molecule has 0 aromatic heterocycles. The lowest BCUT2D eigenvalue weighted by atomic mass is 9.92. The molecule has 0 radical (unpaired) electrons. The summed E-state index contributed by atoms with van der Waals surface area (Å²) in [6, 6.07) is 7.66. The number of carbonyl (C=O) groups is 1. The van der Waals surface area contributed by atoms with Crippen LogP contribution in [0.5, 0.6) is 0 Å². The minimum atomic E-state index is -0.297. The monoisotopic (exact) mass is 283 g/mol. The zero-order valence-corrected chi connectivity index (χ0v) is 11.7. The maximum absolute atomic E-state index is 11.6. The predicted molar refractivity (Wildman–Crippen MR) is 73.1 cm³/mol. The third kappa shape index (κ3) is 3.93. The SMILES string of the molecule is CCOC(=O)CC1(NCc2cccc(Cl)c2)COC1. The van der Waals surface area contributed by atoms with Gasteiger partial charge in [-0.15, -0.1) is 0 Å². The van der Waals surface area contributed by atoms with E-state index in [-0.39, 0.29) is 11.5 Å². The predicted octanol–water partition coefficient (Wildman–Crippen LogP) is 2.15. The topological polar surface area (TPSA) is 47.6 Å². The molecule has 0 spiro atoms. The van der Waals surface area contributed by atoms with Gasteiger partial charge in [-0.05, 0) is 24.6 Å². The van der Waals surface area contributed by atoms with Gasteiger partial charge >= 0.3 is 5.97 Å². The molecule has 5 heteroatoms. The van der Waals surface area contributed by atoms with Crippen LogP contribution in [0.25, 0.3) is 0 Å². The minimum absolute atomic E-state index is 0.190. The highest BCUT2D eigenvalue weighted by atomic mass is 35.5. The van der Waals surface area contributed by atoms with Gasteiger partial charge in [-0.1, -0.05) is 23.7 Å². The molecule has 1 aliphatic rings. The van der Waals surface area contributed by atoms with Crippen LogP contribution in [-0.2, 0) is 20.8 Å². The van der Waals surface area contributed by atoms with Gasteiger partial charge in [0.25, 0.3) is 0 Å². The Morgan fingerprint density at radius 2 is 2.32 bits per heavy atom. The van der Waals surface area contributed by atoms with Crippen molar-refractivity contribution >= 4 is 17.6 Å². The van der Waals surface area contributed by atoms with Crippen molar-refractivity contribution < 1.29 is 14.3 Å². The van der Waals surface area contributed by atoms with Crippen molar-refractivity contribution in [3.05, 3.63) is 34.9 Å². The van der Waals surface area contributed by atoms with Crippen molar-refractivity contribution in [3.63, 3.8) is 0 Å². The van der Waals surface area contributed by atoms with Crippen LogP contribution in [0, 0.1) is 0 Å². The third-order valence-electron chi connectivity index (χ3n) is 3.10. The largest absolute Gasteiger partial charge is 0.466 e. The molecule has 1 aromatic carbocycles. The fourth-order valence-electron chi connectivity index (χ4n) is 2.04. The second kappa shape index (κ2) is 6.37. The van der Waals surface area contributed by atoms with Crippen LogP contribution in [0.4, 0.5) is 0 Å². The maximum Gasteiger partial charge on any atom is 0.307 e. The molecule has 0 atom stereocenters. The molecule has 1 aromatic rings. The third-order valence-corrected chi connectivity index (χ3v) is 3.34. The first-order valence-electron chi connectivity index (χ1n) is 6.36. The molecule has 19 heavy (non-hydrogen) atoms. The van der Waals surface area contributed by atoms with E-state index in [1.807, 2.05) is 24.3 Å². The summed E-state index contributed by atoms with van der Waals surface area (Å²) < 4.78 is 10.2. The standard InChI is InChI=1S/C14H18ClNO3/c1-2-19-13(17)7-14(9-18-10-14)16-8-11-4-3-5-12(15)6-11/h3-6,16H,2,7-10H2,1H3. The van der Waals surface area contributed by atoms with Crippen LogP contribution in [0.3, 0.4) is 0 Å². The Kier molecular flexibility index (Phi) is 4.80. The van der Waals surface area contributed by atoms with Gasteiger partial charge in [0.05, 0.1) is 31.8 Å². The highest BCUT2D eigenvalue weighted by Crippen LogP contribution is 2.23. The van der Waals surface area contributed by atoms with E-state index >= 15 is 0 Å². The summed E-state index contributed by atoms with van der Waals surface area (Å²) in [6.07, 6.45) is 0.335. The van der Waals surface area contributed by atoms with Gasteiger partial charge in [-0.3, -0.25) is 4.79 Å². The lowest BCUT2D eigenvalue weighted by molar-refractivity contribution is -0.152.